The Bertz CT molecular complexity index is 646. The highest BCUT2D eigenvalue weighted by atomic mass is 32.2. The third kappa shape index (κ3) is 2.99. The second kappa shape index (κ2) is 5.96. The maximum atomic E-state index is 12.7. The summed E-state index contributed by atoms with van der Waals surface area (Å²) in [7, 11) is -3.79. The van der Waals surface area contributed by atoms with Crippen LogP contribution in [0.2, 0.25) is 0 Å². The SMILES string of the molecule is CCC1COCCN1S(=O)(=O)c1ccc([N+](=O)[O-])cc1N. The number of benzene rings is 1. The van der Waals surface area contributed by atoms with Crippen LogP contribution < -0.4 is 5.73 Å². The fourth-order valence-corrected chi connectivity index (χ4v) is 4.05. The maximum absolute atomic E-state index is 12.7. The molecule has 0 aliphatic carbocycles. The summed E-state index contributed by atoms with van der Waals surface area (Å²) in [4.78, 5) is 9.97. The molecule has 2 N–H and O–H groups in total. The number of nitrogen functional groups attached to an aromatic ring is 1. The molecule has 21 heavy (non-hydrogen) atoms. The summed E-state index contributed by atoms with van der Waals surface area (Å²) < 4.78 is 32.0. The summed E-state index contributed by atoms with van der Waals surface area (Å²) in [5, 5.41) is 10.7. The zero-order chi connectivity index (χ0) is 15.6. The van der Waals surface area contributed by atoms with Gasteiger partial charge in [0, 0.05) is 24.7 Å². The third-order valence-electron chi connectivity index (χ3n) is 3.44. The van der Waals surface area contributed by atoms with E-state index in [1.54, 1.807) is 0 Å². The predicted molar refractivity (Wildman–Crippen MR) is 76.3 cm³/mol. The second-order valence-corrected chi connectivity index (χ2v) is 6.59. The number of nitrogens with two attached hydrogens (primary N) is 1. The first-order valence-electron chi connectivity index (χ1n) is 6.51. The molecule has 0 radical (unpaired) electrons. The summed E-state index contributed by atoms with van der Waals surface area (Å²) >= 11 is 0. The third-order valence-corrected chi connectivity index (χ3v) is 5.46. The highest BCUT2D eigenvalue weighted by molar-refractivity contribution is 7.89. The van der Waals surface area contributed by atoms with E-state index >= 15 is 0 Å². The van der Waals surface area contributed by atoms with E-state index in [0.29, 0.717) is 19.6 Å². The Hall–Kier alpha value is -1.71. The average molecular weight is 315 g/mol. The van der Waals surface area contributed by atoms with Crippen molar-refractivity contribution in [2.24, 2.45) is 0 Å². The molecule has 1 heterocycles. The van der Waals surface area contributed by atoms with Crippen LogP contribution in [0.15, 0.2) is 23.1 Å². The summed E-state index contributed by atoms with van der Waals surface area (Å²) in [5.74, 6) is 0. The minimum atomic E-state index is -3.79. The van der Waals surface area contributed by atoms with Gasteiger partial charge < -0.3 is 10.5 Å². The average Bonchev–Trinajstić information content (AvgIpc) is 2.46. The van der Waals surface area contributed by atoms with Crippen molar-refractivity contribution < 1.29 is 18.1 Å². The molecule has 1 fully saturated rings. The van der Waals surface area contributed by atoms with Crippen molar-refractivity contribution in [3.05, 3.63) is 28.3 Å². The molecule has 1 aliphatic rings. The zero-order valence-electron chi connectivity index (χ0n) is 11.6. The van der Waals surface area contributed by atoms with Gasteiger partial charge in [0.1, 0.15) is 4.90 Å². The molecule has 1 aromatic carbocycles. The lowest BCUT2D eigenvalue weighted by Crippen LogP contribution is -2.48. The Labute approximate surface area is 122 Å². The molecule has 0 saturated carbocycles. The molecular formula is C12H17N3O5S. The number of nitro groups is 1. The van der Waals surface area contributed by atoms with Crippen LogP contribution in [0.4, 0.5) is 11.4 Å². The fourth-order valence-electron chi connectivity index (χ4n) is 2.29. The quantitative estimate of drug-likeness (QED) is 0.503. The number of ether oxygens (including phenoxy) is 1. The van der Waals surface area contributed by atoms with Gasteiger partial charge in [-0.2, -0.15) is 4.31 Å². The van der Waals surface area contributed by atoms with Crippen LogP contribution in [0.25, 0.3) is 0 Å². The van der Waals surface area contributed by atoms with Gasteiger partial charge in [-0.3, -0.25) is 10.1 Å². The number of hydrogen-bond donors (Lipinski definition) is 1. The van der Waals surface area contributed by atoms with E-state index in [9.17, 15) is 18.5 Å². The van der Waals surface area contributed by atoms with Crippen LogP contribution >= 0.6 is 0 Å². The number of rotatable bonds is 4. The smallest absolute Gasteiger partial charge is 0.271 e. The first-order valence-corrected chi connectivity index (χ1v) is 7.95. The van der Waals surface area contributed by atoms with Crippen LogP contribution in [0, 0.1) is 10.1 Å². The first-order chi connectivity index (χ1) is 9.87. The Morgan fingerprint density at radius 1 is 1.52 bits per heavy atom. The molecule has 0 spiro atoms. The van der Waals surface area contributed by atoms with Crippen molar-refractivity contribution in [1.82, 2.24) is 4.31 Å². The van der Waals surface area contributed by atoms with E-state index in [0.717, 1.165) is 12.1 Å². The van der Waals surface area contributed by atoms with Crippen LogP contribution in [-0.2, 0) is 14.8 Å². The lowest BCUT2D eigenvalue weighted by Gasteiger charge is -2.34. The van der Waals surface area contributed by atoms with Crippen molar-refractivity contribution in [3.8, 4) is 0 Å². The Balaban J connectivity index is 2.41. The Kier molecular flexibility index (Phi) is 4.45. The molecule has 1 aliphatic heterocycles. The fraction of sp³-hybridized carbons (Fsp3) is 0.500. The number of hydrogen-bond acceptors (Lipinski definition) is 6. The molecular weight excluding hydrogens is 298 g/mol. The lowest BCUT2D eigenvalue weighted by molar-refractivity contribution is -0.384. The summed E-state index contributed by atoms with van der Waals surface area (Å²) in [6, 6.07) is 3.14. The van der Waals surface area contributed by atoms with Crippen molar-refractivity contribution >= 4 is 21.4 Å². The van der Waals surface area contributed by atoms with Gasteiger partial charge in [-0.1, -0.05) is 6.92 Å². The molecule has 2 rings (SSSR count). The van der Waals surface area contributed by atoms with Crippen LogP contribution in [0.5, 0.6) is 0 Å². The maximum Gasteiger partial charge on any atom is 0.271 e. The summed E-state index contributed by atoms with van der Waals surface area (Å²) in [6.07, 6.45) is 0.617. The zero-order valence-corrected chi connectivity index (χ0v) is 12.4. The number of sulfonamides is 1. The monoisotopic (exact) mass is 315 g/mol. The van der Waals surface area contributed by atoms with Crippen molar-refractivity contribution in [1.29, 1.82) is 0 Å². The molecule has 0 aromatic heterocycles. The number of anilines is 1. The summed E-state index contributed by atoms with van der Waals surface area (Å²) in [6.45, 7) is 2.78. The van der Waals surface area contributed by atoms with Crippen molar-refractivity contribution in [2.45, 2.75) is 24.3 Å². The van der Waals surface area contributed by atoms with Gasteiger partial charge in [0.25, 0.3) is 5.69 Å². The summed E-state index contributed by atoms with van der Waals surface area (Å²) in [5.41, 5.74) is 5.34. The standard InChI is InChI=1S/C12H17N3O5S/c1-2-9-8-20-6-5-14(9)21(18,19)12-4-3-10(15(16)17)7-11(12)13/h3-4,7,9H,2,5-6,8,13H2,1H3. The second-order valence-electron chi connectivity index (χ2n) is 4.73. The van der Waals surface area contributed by atoms with Crippen molar-refractivity contribution in [2.75, 3.05) is 25.5 Å². The van der Waals surface area contributed by atoms with Gasteiger partial charge in [-0.15, -0.1) is 0 Å². The normalized spacial score (nSPS) is 20.3. The minimum absolute atomic E-state index is 0.103. The van der Waals surface area contributed by atoms with Gasteiger partial charge in [0.05, 0.1) is 23.8 Å². The first kappa shape index (κ1) is 15.7. The topological polar surface area (TPSA) is 116 Å². The highest BCUT2D eigenvalue weighted by Crippen LogP contribution is 2.29. The van der Waals surface area contributed by atoms with E-state index in [1.807, 2.05) is 6.92 Å². The van der Waals surface area contributed by atoms with Crippen LogP contribution in [0.3, 0.4) is 0 Å². The Morgan fingerprint density at radius 2 is 2.24 bits per heavy atom. The minimum Gasteiger partial charge on any atom is -0.397 e. The number of morpholine rings is 1. The molecule has 8 nitrogen and oxygen atoms in total. The van der Waals surface area contributed by atoms with E-state index in [4.69, 9.17) is 10.5 Å². The number of non-ortho nitro benzene ring substituents is 1. The highest BCUT2D eigenvalue weighted by Gasteiger charge is 2.34. The van der Waals surface area contributed by atoms with Gasteiger partial charge in [-0.25, -0.2) is 8.42 Å². The van der Waals surface area contributed by atoms with E-state index in [-0.39, 0.29) is 28.9 Å². The van der Waals surface area contributed by atoms with Crippen LogP contribution in [-0.4, -0.2) is 43.4 Å². The van der Waals surface area contributed by atoms with Gasteiger partial charge in [-0.05, 0) is 12.5 Å². The molecule has 1 aromatic rings. The Morgan fingerprint density at radius 3 is 2.81 bits per heavy atom. The predicted octanol–water partition coefficient (Wildman–Crippen LogP) is 0.976. The lowest BCUT2D eigenvalue weighted by atomic mass is 10.2. The van der Waals surface area contributed by atoms with Crippen LogP contribution in [0.1, 0.15) is 13.3 Å². The molecule has 1 saturated heterocycles. The molecule has 0 amide bonds. The van der Waals surface area contributed by atoms with Crippen molar-refractivity contribution in [3.63, 3.8) is 0 Å². The van der Waals surface area contributed by atoms with E-state index in [2.05, 4.69) is 0 Å². The number of nitrogens with zero attached hydrogens (tertiary/aromatic N) is 2. The van der Waals surface area contributed by atoms with E-state index < -0.39 is 14.9 Å². The van der Waals surface area contributed by atoms with Gasteiger partial charge in [0.15, 0.2) is 0 Å². The van der Waals surface area contributed by atoms with E-state index in [1.165, 1.54) is 10.4 Å². The number of nitro benzene ring substituents is 1. The molecule has 9 heteroatoms. The molecule has 116 valence electrons. The molecule has 1 atom stereocenters. The largest absolute Gasteiger partial charge is 0.397 e. The molecule has 1 unspecified atom stereocenters. The molecule has 0 bridgehead atoms. The van der Waals surface area contributed by atoms with Gasteiger partial charge >= 0.3 is 0 Å². The van der Waals surface area contributed by atoms with Gasteiger partial charge in [0.2, 0.25) is 10.0 Å².